The molecule has 0 saturated heterocycles. The van der Waals surface area contributed by atoms with Crippen LogP contribution < -0.4 is 0 Å². The van der Waals surface area contributed by atoms with E-state index < -0.39 is 0 Å². The Bertz CT molecular complexity index is 36.5. The van der Waals surface area contributed by atoms with Crippen LogP contribution in [0.5, 0.6) is 0 Å². The van der Waals surface area contributed by atoms with Gasteiger partial charge in [0.2, 0.25) is 0 Å². The van der Waals surface area contributed by atoms with E-state index in [-0.39, 0.29) is 0 Å². The molecule has 0 aromatic heterocycles. The smallest absolute Gasteiger partial charge is 0.129 e. The quantitative estimate of drug-likeness (QED) is 0.391. The van der Waals surface area contributed by atoms with Gasteiger partial charge in [-0.25, -0.2) is 0 Å². The van der Waals surface area contributed by atoms with Crippen molar-refractivity contribution < 1.29 is 4.79 Å². The van der Waals surface area contributed by atoms with E-state index in [0.29, 0.717) is 5.75 Å². The van der Waals surface area contributed by atoms with E-state index >= 15 is 0 Å². The molecule has 0 N–H and O–H groups in total. The van der Waals surface area contributed by atoms with Crippen LogP contribution in [0, 0.1) is 0 Å². The van der Waals surface area contributed by atoms with Gasteiger partial charge in [0.1, 0.15) is 6.29 Å². The Morgan fingerprint density at radius 1 is 1.83 bits per heavy atom. The fraction of sp³-hybridized carbons (Fsp3) is 0.750. The van der Waals surface area contributed by atoms with Gasteiger partial charge in [-0.3, -0.25) is 0 Å². The molecule has 0 aliphatic heterocycles. The van der Waals surface area contributed by atoms with Gasteiger partial charge in [0.25, 0.3) is 0 Å². The summed E-state index contributed by atoms with van der Waals surface area (Å²) in [6.45, 7) is 2.04. The minimum absolute atomic E-state index is 0.649. The molecule has 0 atom stereocenters. The van der Waals surface area contributed by atoms with E-state index in [2.05, 4.69) is 0 Å². The summed E-state index contributed by atoms with van der Waals surface area (Å²) in [5.74, 6) is 1.69. The van der Waals surface area contributed by atoms with Gasteiger partial charge < -0.3 is 4.79 Å². The maximum absolute atomic E-state index is 9.54. The fourth-order valence-corrected chi connectivity index (χ4v) is 0.498. The van der Waals surface area contributed by atoms with Crippen molar-refractivity contribution in [2.45, 2.75) is 6.92 Å². The Labute approximate surface area is 42.1 Å². The summed E-state index contributed by atoms with van der Waals surface area (Å²) in [6.07, 6.45) is 0.925. The SMILES string of the molecule is CCSCC=O. The van der Waals surface area contributed by atoms with Crippen molar-refractivity contribution in [2.75, 3.05) is 11.5 Å². The zero-order valence-corrected chi connectivity index (χ0v) is 4.62. The third-order valence-electron chi connectivity index (χ3n) is 0.390. The average molecular weight is 104 g/mol. The highest BCUT2D eigenvalue weighted by Gasteiger charge is 1.74. The molecule has 36 valence electrons. The highest BCUT2D eigenvalue weighted by atomic mass is 32.2. The summed E-state index contributed by atoms with van der Waals surface area (Å²) in [5, 5.41) is 0. The van der Waals surface area contributed by atoms with E-state index in [4.69, 9.17) is 0 Å². The Kier molecular flexibility index (Phi) is 5.04. The summed E-state index contributed by atoms with van der Waals surface area (Å²) in [6, 6.07) is 0. The molecule has 1 nitrogen and oxygen atoms in total. The number of aldehydes is 1. The van der Waals surface area contributed by atoms with Crippen LogP contribution in [0.1, 0.15) is 6.92 Å². The first-order valence-corrected chi connectivity index (χ1v) is 3.08. The summed E-state index contributed by atoms with van der Waals surface area (Å²) in [4.78, 5) is 9.54. The third-order valence-corrected chi connectivity index (χ3v) is 1.17. The lowest BCUT2D eigenvalue weighted by Gasteiger charge is -1.80. The van der Waals surface area contributed by atoms with Gasteiger partial charge in [-0.05, 0) is 5.75 Å². The number of thioether (sulfide) groups is 1. The Morgan fingerprint density at radius 3 is 2.67 bits per heavy atom. The van der Waals surface area contributed by atoms with E-state index in [1.54, 1.807) is 11.8 Å². The first-order valence-electron chi connectivity index (χ1n) is 1.93. The molecular formula is C4H8OS. The largest absolute Gasteiger partial charge is 0.302 e. The van der Waals surface area contributed by atoms with Crippen molar-refractivity contribution in [1.82, 2.24) is 0 Å². The Morgan fingerprint density at radius 2 is 2.50 bits per heavy atom. The van der Waals surface area contributed by atoms with Crippen molar-refractivity contribution >= 4 is 18.0 Å². The second kappa shape index (κ2) is 5.02. The van der Waals surface area contributed by atoms with Gasteiger partial charge in [-0.2, -0.15) is 11.8 Å². The lowest BCUT2D eigenvalue weighted by molar-refractivity contribution is -0.105. The first kappa shape index (κ1) is 6.02. The van der Waals surface area contributed by atoms with Crippen LogP contribution in [0.15, 0.2) is 0 Å². The standard InChI is InChI=1S/C4H8OS/c1-2-6-4-3-5/h3H,2,4H2,1H3. The van der Waals surface area contributed by atoms with Crippen LogP contribution in [0.25, 0.3) is 0 Å². The number of carbonyl (C=O) groups excluding carboxylic acids is 1. The van der Waals surface area contributed by atoms with Crippen LogP contribution in [-0.2, 0) is 4.79 Å². The zero-order valence-electron chi connectivity index (χ0n) is 3.81. The molecule has 0 unspecified atom stereocenters. The molecule has 0 saturated carbocycles. The second-order valence-electron chi connectivity index (χ2n) is 0.826. The highest BCUT2D eigenvalue weighted by Crippen LogP contribution is 1.92. The zero-order chi connectivity index (χ0) is 4.83. The van der Waals surface area contributed by atoms with Gasteiger partial charge in [-0.15, -0.1) is 0 Å². The van der Waals surface area contributed by atoms with Gasteiger partial charge in [0.05, 0.1) is 0 Å². The molecule has 0 rings (SSSR count). The van der Waals surface area contributed by atoms with Gasteiger partial charge >= 0.3 is 0 Å². The molecule has 0 aliphatic rings. The predicted octanol–water partition coefficient (Wildman–Crippen LogP) is 0.938. The summed E-state index contributed by atoms with van der Waals surface area (Å²) < 4.78 is 0. The van der Waals surface area contributed by atoms with E-state index in [1.807, 2.05) is 6.92 Å². The minimum Gasteiger partial charge on any atom is -0.302 e. The fourth-order valence-electron chi connectivity index (χ4n) is 0.166. The van der Waals surface area contributed by atoms with Crippen LogP contribution in [0.2, 0.25) is 0 Å². The molecule has 0 amide bonds. The summed E-state index contributed by atoms with van der Waals surface area (Å²) >= 11 is 1.64. The monoisotopic (exact) mass is 104 g/mol. The lowest BCUT2D eigenvalue weighted by Crippen LogP contribution is -1.76. The Balaban J connectivity index is 2.49. The molecule has 0 aromatic carbocycles. The van der Waals surface area contributed by atoms with Crippen molar-refractivity contribution in [3.05, 3.63) is 0 Å². The third kappa shape index (κ3) is 4.02. The van der Waals surface area contributed by atoms with Crippen LogP contribution in [0.4, 0.5) is 0 Å². The van der Waals surface area contributed by atoms with Crippen molar-refractivity contribution in [1.29, 1.82) is 0 Å². The molecule has 0 aliphatic carbocycles. The van der Waals surface area contributed by atoms with Crippen LogP contribution in [0.3, 0.4) is 0 Å². The lowest BCUT2D eigenvalue weighted by atomic mass is 10.9. The highest BCUT2D eigenvalue weighted by molar-refractivity contribution is 7.99. The maximum atomic E-state index is 9.54. The van der Waals surface area contributed by atoms with Gasteiger partial charge in [-0.1, -0.05) is 6.92 Å². The molecular weight excluding hydrogens is 96.1 g/mol. The van der Waals surface area contributed by atoms with Gasteiger partial charge in [0, 0.05) is 5.75 Å². The topological polar surface area (TPSA) is 17.1 Å². The first-order chi connectivity index (χ1) is 2.91. The van der Waals surface area contributed by atoms with E-state index in [0.717, 1.165) is 12.0 Å². The summed E-state index contributed by atoms with van der Waals surface area (Å²) in [7, 11) is 0. The molecule has 6 heavy (non-hydrogen) atoms. The molecule has 0 radical (unpaired) electrons. The normalized spacial score (nSPS) is 8.17. The van der Waals surface area contributed by atoms with Crippen LogP contribution in [-0.4, -0.2) is 17.8 Å². The molecule has 0 bridgehead atoms. The van der Waals surface area contributed by atoms with Crippen molar-refractivity contribution in [3.63, 3.8) is 0 Å². The second-order valence-corrected chi connectivity index (χ2v) is 2.15. The Hall–Kier alpha value is 0.0200. The van der Waals surface area contributed by atoms with Crippen molar-refractivity contribution in [3.8, 4) is 0 Å². The van der Waals surface area contributed by atoms with Crippen molar-refractivity contribution in [2.24, 2.45) is 0 Å². The number of carbonyl (C=O) groups is 1. The average Bonchev–Trinajstić information content (AvgIpc) is 1.61. The number of rotatable bonds is 3. The maximum Gasteiger partial charge on any atom is 0.129 e. The molecule has 0 aromatic rings. The van der Waals surface area contributed by atoms with E-state index in [9.17, 15) is 4.79 Å². The summed E-state index contributed by atoms with van der Waals surface area (Å²) in [5.41, 5.74) is 0. The number of hydrogen-bond donors (Lipinski definition) is 0. The molecule has 0 heterocycles. The minimum atomic E-state index is 0.649. The predicted molar refractivity (Wildman–Crippen MR) is 29.1 cm³/mol. The molecule has 2 heteroatoms. The molecule has 0 spiro atoms. The van der Waals surface area contributed by atoms with Gasteiger partial charge in [0.15, 0.2) is 0 Å². The molecule has 0 fully saturated rings. The van der Waals surface area contributed by atoms with E-state index in [1.165, 1.54) is 0 Å². The number of hydrogen-bond acceptors (Lipinski definition) is 2. The van der Waals surface area contributed by atoms with Crippen LogP contribution >= 0.6 is 11.8 Å².